The summed E-state index contributed by atoms with van der Waals surface area (Å²) in [7, 11) is 17.8. The third kappa shape index (κ3) is 7.15. The molecule has 56 heavy (non-hydrogen) atoms. The van der Waals surface area contributed by atoms with Crippen molar-refractivity contribution in [2.24, 2.45) is 0 Å². The van der Waals surface area contributed by atoms with Gasteiger partial charge in [-0.05, 0) is 0 Å². The second kappa shape index (κ2) is 16.6. The molecule has 0 bridgehead atoms. The van der Waals surface area contributed by atoms with Gasteiger partial charge < -0.3 is 0 Å². The van der Waals surface area contributed by atoms with Crippen molar-refractivity contribution in [2.75, 3.05) is 0 Å². The van der Waals surface area contributed by atoms with E-state index in [1.165, 1.54) is 55.7 Å². The Hall–Kier alpha value is -3.18. The number of fused-ring (bicyclic) bond motifs is 2. The molecule has 0 spiro atoms. The molecule has 2 N–H and O–H groups in total. The molecule has 0 heterocycles. The number of rotatable bonds is 13. The predicted octanol–water partition coefficient (Wildman–Crippen LogP) is 13.1. The van der Waals surface area contributed by atoms with Gasteiger partial charge in [-0.25, -0.2) is 0 Å². The number of benzene rings is 4. The number of carbonyl (C=O) groups excluding carboxylic acids is 2. The Morgan fingerprint density at radius 3 is 1.32 bits per heavy atom. The van der Waals surface area contributed by atoms with Gasteiger partial charge in [0, 0.05) is 0 Å². The van der Waals surface area contributed by atoms with Gasteiger partial charge in [0.2, 0.25) is 0 Å². The van der Waals surface area contributed by atoms with Crippen molar-refractivity contribution in [3.63, 3.8) is 0 Å². The van der Waals surface area contributed by atoms with E-state index in [9.17, 15) is 9.59 Å². The Bertz CT molecular complexity index is 2140. The zero-order valence-electron chi connectivity index (χ0n) is 35.0. The van der Waals surface area contributed by atoms with Crippen LogP contribution in [0.4, 0.5) is 0 Å². The Morgan fingerprint density at radius 1 is 0.571 bits per heavy atom. The van der Waals surface area contributed by atoms with Crippen LogP contribution in [-0.4, -0.2) is 16.4 Å². The van der Waals surface area contributed by atoms with Crippen molar-refractivity contribution in [3.8, 4) is 22.3 Å². The van der Waals surface area contributed by atoms with Gasteiger partial charge >= 0.3 is 346 Å². The summed E-state index contributed by atoms with van der Waals surface area (Å²) in [4.78, 5) is 27.4. The first-order valence-corrected chi connectivity index (χ1v) is 35.7. The summed E-state index contributed by atoms with van der Waals surface area (Å²) in [6.07, 6.45) is 8.56. The van der Waals surface area contributed by atoms with Crippen LogP contribution in [0.5, 0.6) is 0 Å². The van der Waals surface area contributed by atoms with E-state index in [1.807, 2.05) is 13.8 Å². The van der Waals surface area contributed by atoms with Gasteiger partial charge in [0.25, 0.3) is 0 Å². The number of nitrogens with one attached hydrogen (secondary N) is 2. The van der Waals surface area contributed by atoms with E-state index in [2.05, 4.69) is 139 Å². The van der Waals surface area contributed by atoms with Crippen LogP contribution in [0.15, 0.2) is 71.8 Å². The monoisotopic (exact) mass is 955 g/mol. The van der Waals surface area contributed by atoms with Gasteiger partial charge in [-0.2, -0.15) is 0 Å². The molecule has 2 unspecified atom stereocenters. The van der Waals surface area contributed by atoms with Crippen LogP contribution in [0.2, 0.25) is 0 Å². The van der Waals surface area contributed by atoms with Crippen LogP contribution in [0, 0.1) is 41.5 Å². The zero-order valence-corrected chi connectivity index (χ0v) is 40.1. The van der Waals surface area contributed by atoms with E-state index in [0.29, 0.717) is 0 Å². The van der Waals surface area contributed by atoms with Gasteiger partial charge in [-0.1, -0.05) is 0 Å². The molecular weight excluding hydrogens is 897 g/mol. The second-order valence-corrected chi connectivity index (χ2v) is 46.7. The van der Waals surface area contributed by atoms with Crippen LogP contribution < -0.4 is 10.5 Å². The molecule has 8 heteroatoms. The van der Waals surface area contributed by atoms with Crippen molar-refractivity contribution in [3.05, 3.63) is 127 Å². The molecule has 0 fully saturated rings. The van der Waals surface area contributed by atoms with Crippen molar-refractivity contribution >= 4 is 45.7 Å². The van der Waals surface area contributed by atoms with Crippen molar-refractivity contribution in [2.45, 2.75) is 115 Å². The van der Waals surface area contributed by atoms with Gasteiger partial charge in [-0.3, -0.25) is 0 Å². The molecule has 0 saturated carbocycles. The van der Waals surface area contributed by atoms with E-state index >= 15 is 0 Å². The predicted molar refractivity (Wildman–Crippen MR) is 238 cm³/mol. The maximum atomic E-state index is 13.7. The topological polar surface area (TPSA) is 58.2 Å². The van der Waals surface area contributed by atoms with E-state index in [1.54, 1.807) is 0 Å². The normalized spacial score (nSPS) is 16.7. The van der Waals surface area contributed by atoms with Gasteiger partial charge in [-0.15, -0.1) is 0 Å². The Balaban J connectivity index is 1.71. The Kier molecular flexibility index (Phi) is 12.6. The molecule has 293 valence electrons. The average molecular weight is 955 g/mol. The molecule has 6 rings (SSSR count). The first-order chi connectivity index (χ1) is 26.6. The first kappa shape index (κ1) is 42.4. The maximum absolute atomic E-state index is 13.7. The van der Waals surface area contributed by atoms with Crippen LogP contribution in [-0.2, 0) is 25.5 Å². The number of allylic oxidation sites excluding steroid dienone is 2. The van der Waals surface area contributed by atoms with Crippen molar-refractivity contribution in [1.82, 2.24) is 10.5 Å². The molecule has 0 radical (unpaired) electrons. The summed E-state index contributed by atoms with van der Waals surface area (Å²) >= 11 is -6.16. The zero-order chi connectivity index (χ0) is 40.7. The molecule has 2 aliphatic rings. The average Bonchev–Trinajstić information content (AvgIpc) is 3.76. The minimum absolute atomic E-state index is 0.187. The van der Waals surface area contributed by atoms with Crippen molar-refractivity contribution in [1.29, 1.82) is 0 Å². The third-order valence-electron chi connectivity index (χ3n) is 13.0. The summed E-state index contributed by atoms with van der Waals surface area (Å²) in [5.41, 5.74) is 19.1. The van der Waals surface area contributed by atoms with Crippen LogP contribution in [0.1, 0.15) is 129 Å². The fourth-order valence-electron chi connectivity index (χ4n) is 9.55. The van der Waals surface area contributed by atoms with Gasteiger partial charge in [0.15, 0.2) is 0 Å². The number of hydrogen-bond acceptors (Lipinski definition) is 2. The van der Waals surface area contributed by atoms with Gasteiger partial charge in [0.1, 0.15) is 0 Å². The number of hydrogen-bond donors (Lipinski definition) is 2. The molecule has 0 aromatic heterocycles. The molecule has 0 saturated heterocycles. The molecular formula is C48H58BCl2HfN2O2. The van der Waals surface area contributed by atoms with Crippen LogP contribution in [0.25, 0.3) is 34.4 Å². The Morgan fingerprint density at radius 2 is 0.964 bits per heavy atom. The number of halogens is 2. The molecule has 2 amide bonds. The summed E-state index contributed by atoms with van der Waals surface area (Å²) < 4.78 is -1.68. The number of aryl methyl sites for hydroxylation is 2. The first-order valence-electron chi connectivity index (χ1n) is 20.6. The summed E-state index contributed by atoms with van der Waals surface area (Å²) in [5.74, 6) is -0.374. The van der Waals surface area contributed by atoms with Gasteiger partial charge in [0.05, 0.1) is 0 Å². The van der Waals surface area contributed by atoms with E-state index in [0.717, 1.165) is 59.1 Å². The number of carbonyl (C=O) groups is 2. The van der Waals surface area contributed by atoms with Crippen LogP contribution >= 0.6 is 17.2 Å². The standard InChI is InChI=1S/2C21H23.C6H11BN2O2.2ClH.Hf/c2*1-5-7-17-12-18-8-6-9-20(21(18)13-17)19-11-10-14(2)15(3)16(19)4;1-3-5(10)8-7-9-6(11)4-2;;;/h2*6,8-13H,5,7H2,1-4H3;3-4H2,1-2H3,(H-,8,9,10,11);2*1H;/q;;;;;+1/p-1. The van der Waals surface area contributed by atoms with E-state index in [4.69, 9.17) is 17.2 Å². The molecule has 4 aromatic carbocycles. The summed E-state index contributed by atoms with van der Waals surface area (Å²) in [6, 6.07) is 22.0. The number of amides is 2. The third-order valence-corrected chi connectivity index (χ3v) is 41.5. The molecule has 0 aliphatic heterocycles. The molecule has 4 aromatic rings. The summed E-state index contributed by atoms with van der Waals surface area (Å²) in [6.45, 7) is 21.2. The fourth-order valence-corrected chi connectivity index (χ4v) is 39.3. The van der Waals surface area contributed by atoms with E-state index < -0.39 is 20.5 Å². The van der Waals surface area contributed by atoms with Crippen molar-refractivity contribution < 1.29 is 25.5 Å². The van der Waals surface area contributed by atoms with Crippen LogP contribution in [0.3, 0.4) is 0 Å². The molecule has 2 atom stereocenters. The van der Waals surface area contributed by atoms with E-state index in [-0.39, 0.29) is 32.0 Å². The second-order valence-electron chi connectivity index (χ2n) is 16.3. The Labute approximate surface area is 344 Å². The fraction of sp³-hybridized carbons (Fsp3) is 0.375. The summed E-state index contributed by atoms with van der Waals surface area (Å²) in [5, 5.41) is 6.60. The quantitative estimate of drug-likeness (QED) is 0.131. The minimum atomic E-state index is -6.16. The molecule has 2 aliphatic carbocycles. The SMILES string of the molecule is CCCC1=Cc2c(-c3ccc(C)c(C)c3C)cccc2[CH]1[Hf]([Cl])([Cl])([B](NC(=O)CC)NC(=O)CC)[CH]1C(CCC)=Cc2c(-c3ccc(C)c(C)c3C)cccc21. The molecule has 4 nitrogen and oxygen atoms in total.